The van der Waals surface area contributed by atoms with Crippen LogP contribution in [0.15, 0.2) is 12.1 Å². The molecule has 3 heteroatoms. The monoisotopic (exact) mass is 255 g/mol. The summed E-state index contributed by atoms with van der Waals surface area (Å²) in [5.41, 5.74) is 3.10. The van der Waals surface area contributed by atoms with E-state index in [9.17, 15) is 0 Å². The van der Waals surface area contributed by atoms with Crippen molar-refractivity contribution in [1.29, 1.82) is 0 Å². The highest BCUT2D eigenvalue weighted by molar-refractivity contribution is 6.42. The van der Waals surface area contributed by atoms with Crippen molar-refractivity contribution in [3.05, 3.63) is 33.3 Å². The zero-order valence-electron chi connectivity index (χ0n) is 9.32. The molecule has 1 fully saturated rings. The molecule has 0 unspecified atom stereocenters. The van der Waals surface area contributed by atoms with Crippen LogP contribution in [0.4, 0.5) is 0 Å². The Hall–Kier alpha value is -0.240. The minimum Gasteiger partial charge on any atom is -0.316 e. The summed E-state index contributed by atoms with van der Waals surface area (Å²) >= 11 is 12.4. The van der Waals surface area contributed by atoms with Crippen LogP contribution in [0, 0.1) is 5.41 Å². The van der Waals surface area contributed by atoms with Gasteiger partial charge in [0.2, 0.25) is 0 Å². The van der Waals surface area contributed by atoms with Crippen LogP contribution in [0.25, 0.3) is 0 Å². The zero-order chi connectivity index (χ0) is 11.3. The van der Waals surface area contributed by atoms with Gasteiger partial charge in [-0.2, -0.15) is 0 Å². The quantitative estimate of drug-likeness (QED) is 0.747. The molecule has 0 aromatic heterocycles. The first kappa shape index (κ1) is 10.9. The first-order valence-electron chi connectivity index (χ1n) is 5.79. The lowest BCUT2D eigenvalue weighted by atomic mass is 9.67. The standard InChI is InChI=1S/C13H15Cl2N/c1-13-5-4-9-8(10(13)6-16-7-13)2-3-11(14)12(9)15/h2-3,10,16H,4-7H2,1H3/t10-,13-/m0/s1. The van der Waals surface area contributed by atoms with Crippen molar-refractivity contribution in [1.82, 2.24) is 5.32 Å². The summed E-state index contributed by atoms with van der Waals surface area (Å²) in [6.07, 6.45) is 2.27. The Morgan fingerprint density at radius 1 is 1.38 bits per heavy atom. The molecule has 0 bridgehead atoms. The van der Waals surface area contributed by atoms with Crippen LogP contribution in [0.3, 0.4) is 0 Å². The van der Waals surface area contributed by atoms with Gasteiger partial charge < -0.3 is 5.32 Å². The van der Waals surface area contributed by atoms with Crippen LogP contribution >= 0.6 is 23.2 Å². The number of rotatable bonds is 0. The van der Waals surface area contributed by atoms with Gasteiger partial charge in [0.15, 0.2) is 0 Å². The van der Waals surface area contributed by atoms with Crippen LogP contribution in [0.1, 0.15) is 30.4 Å². The van der Waals surface area contributed by atoms with Crippen LogP contribution in [-0.4, -0.2) is 13.1 Å². The van der Waals surface area contributed by atoms with Crippen molar-refractivity contribution in [3.63, 3.8) is 0 Å². The van der Waals surface area contributed by atoms with Crippen molar-refractivity contribution in [2.24, 2.45) is 5.41 Å². The van der Waals surface area contributed by atoms with E-state index < -0.39 is 0 Å². The van der Waals surface area contributed by atoms with Crippen molar-refractivity contribution in [2.75, 3.05) is 13.1 Å². The summed E-state index contributed by atoms with van der Waals surface area (Å²) in [6, 6.07) is 4.10. The largest absolute Gasteiger partial charge is 0.316 e. The number of hydrogen-bond acceptors (Lipinski definition) is 1. The molecule has 3 rings (SSSR count). The summed E-state index contributed by atoms with van der Waals surface area (Å²) in [4.78, 5) is 0. The van der Waals surface area contributed by atoms with E-state index in [0.29, 0.717) is 16.4 Å². The molecule has 1 heterocycles. The van der Waals surface area contributed by atoms with Gasteiger partial charge in [0, 0.05) is 19.0 Å². The van der Waals surface area contributed by atoms with Gasteiger partial charge in [-0.1, -0.05) is 36.2 Å². The molecule has 0 saturated carbocycles. The molecule has 0 amide bonds. The Morgan fingerprint density at radius 2 is 2.19 bits per heavy atom. The maximum Gasteiger partial charge on any atom is 0.0627 e. The van der Waals surface area contributed by atoms with Crippen LogP contribution in [-0.2, 0) is 6.42 Å². The summed E-state index contributed by atoms with van der Waals surface area (Å²) in [7, 11) is 0. The maximum absolute atomic E-state index is 6.29. The minimum absolute atomic E-state index is 0.407. The molecule has 16 heavy (non-hydrogen) atoms. The molecular weight excluding hydrogens is 241 g/mol. The Kier molecular flexibility index (Phi) is 2.47. The number of benzene rings is 1. The van der Waals surface area contributed by atoms with E-state index in [0.717, 1.165) is 24.5 Å². The molecule has 1 aromatic carbocycles. The fourth-order valence-corrected chi connectivity index (χ4v) is 3.66. The number of hydrogen-bond donors (Lipinski definition) is 1. The van der Waals surface area contributed by atoms with E-state index in [1.807, 2.05) is 6.07 Å². The molecule has 1 nitrogen and oxygen atoms in total. The normalized spacial score (nSPS) is 32.3. The second-order valence-corrected chi connectivity index (χ2v) is 6.05. The maximum atomic E-state index is 6.29. The predicted octanol–water partition coefficient (Wildman–Crippen LogP) is 3.63. The molecule has 1 aliphatic carbocycles. The Labute approximate surface area is 106 Å². The molecule has 86 valence electrons. The number of halogens is 2. The zero-order valence-corrected chi connectivity index (χ0v) is 10.8. The molecule has 2 aliphatic rings. The van der Waals surface area contributed by atoms with Gasteiger partial charge in [0.1, 0.15) is 0 Å². The third kappa shape index (κ3) is 1.42. The van der Waals surface area contributed by atoms with Crippen molar-refractivity contribution >= 4 is 23.2 Å². The Morgan fingerprint density at radius 3 is 3.00 bits per heavy atom. The minimum atomic E-state index is 0.407. The average molecular weight is 256 g/mol. The second-order valence-electron chi connectivity index (χ2n) is 5.27. The van der Waals surface area contributed by atoms with E-state index in [4.69, 9.17) is 23.2 Å². The van der Waals surface area contributed by atoms with Crippen molar-refractivity contribution < 1.29 is 0 Å². The van der Waals surface area contributed by atoms with Gasteiger partial charge in [0.25, 0.3) is 0 Å². The third-order valence-electron chi connectivity index (χ3n) is 4.27. The molecule has 1 N–H and O–H groups in total. The van der Waals surface area contributed by atoms with E-state index >= 15 is 0 Å². The van der Waals surface area contributed by atoms with E-state index in [1.165, 1.54) is 17.5 Å². The van der Waals surface area contributed by atoms with Gasteiger partial charge in [0.05, 0.1) is 10.0 Å². The predicted molar refractivity (Wildman–Crippen MR) is 68.5 cm³/mol. The van der Waals surface area contributed by atoms with E-state index in [-0.39, 0.29) is 0 Å². The topological polar surface area (TPSA) is 12.0 Å². The first-order chi connectivity index (χ1) is 7.62. The Bertz CT molecular complexity index is 444. The van der Waals surface area contributed by atoms with Gasteiger partial charge >= 0.3 is 0 Å². The highest BCUT2D eigenvalue weighted by Crippen LogP contribution is 2.49. The fraction of sp³-hybridized carbons (Fsp3) is 0.538. The van der Waals surface area contributed by atoms with Gasteiger partial charge in [-0.15, -0.1) is 0 Å². The molecule has 1 saturated heterocycles. The molecule has 0 radical (unpaired) electrons. The summed E-state index contributed by atoms with van der Waals surface area (Å²) < 4.78 is 0. The lowest BCUT2D eigenvalue weighted by molar-refractivity contribution is 0.277. The smallest absolute Gasteiger partial charge is 0.0627 e. The van der Waals surface area contributed by atoms with Crippen molar-refractivity contribution in [2.45, 2.75) is 25.7 Å². The van der Waals surface area contributed by atoms with Crippen LogP contribution in [0.2, 0.25) is 10.0 Å². The first-order valence-corrected chi connectivity index (χ1v) is 6.55. The molecule has 0 spiro atoms. The Balaban J connectivity index is 2.14. The van der Waals surface area contributed by atoms with Gasteiger partial charge in [-0.25, -0.2) is 0 Å². The second kappa shape index (κ2) is 3.63. The lowest BCUT2D eigenvalue weighted by Gasteiger charge is -2.37. The lowest BCUT2D eigenvalue weighted by Crippen LogP contribution is -2.30. The SMILES string of the molecule is C[C@@]12CCc3c(ccc(Cl)c3Cl)[C@@H]1CNC2. The highest BCUT2D eigenvalue weighted by atomic mass is 35.5. The van der Waals surface area contributed by atoms with Crippen LogP contribution in [0.5, 0.6) is 0 Å². The van der Waals surface area contributed by atoms with Gasteiger partial charge in [-0.3, -0.25) is 0 Å². The number of nitrogens with one attached hydrogen (secondary N) is 1. The summed E-state index contributed by atoms with van der Waals surface area (Å²) in [6.45, 7) is 4.57. The van der Waals surface area contributed by atoms with Crippen molar-refractivity contribution in [3.8, 4) is 0 Å². The van der Waals surface area contributed by atoms with Gasteiger partial charge in [-0.05, 0) is 35.4 Å². The average Bonchev–Trinajstić information content (AvgIpc) is 2.65. The molecular formula is C13H15Cl2N. The van der Waals surface area contributed by atoms with Crippen LogP contribution < -0.4 is 5.32 Å². The van der Waals surface area contributed by atoms with E-state index in [2.05, 4.69) is 18.3 Å². The molecule has 2 atom stereocenters. The third-order valence-corrected chi connectivity index (χ3v) is 5.12. The number of fused-ring (bicyclic) bond motifs is 3. The summed E-state index contributed by atoms with van der Waals surface area (Å²) in [5, 5.41) is 4.96. The molecule has 1 aliphatic heterocycles. The fourth-order valence-electron chi connectivity index (χ4n) is 3.22. The highest BCUT2D eigenvalue weighted by Gasteiger charge is 2.43. The molecule has 1 aromatic rings. The van der Waals surface area contributed by atoms with E-state index in [1.54, 1.807) is 0 Å². The summed E-state index contributed by atoms with van der Waals surface area (Å²) in [5.74, 6) is 0.603.